The minimum absolute atomic E-state index is 0.312. The molecule has 0 aliphatic rings. The Labute approximate surface area is 183 Å². The molecule has 1 N–H and O–H groups in total. The molecule has 0 bridgehead atoms. The highest BCUT2D eigenvalue weighted by molar-refractivity contribution is 6.30. The van der Waals surface area contributed by atoms with Crippen LogP contribution in [0.5, 0.6) is 0 Å². The van der Waals surface area contributed by atoms with E-state index in [1.807, 2.05) is 18.2 Å². The van der Waals surface area contributed by atoms with E-state index < -0.39 is 18.0 Å². The number of aromatic nitrogens is 3. The van der Waals surface area contributed by atoms with Crippen molar-refractivity contribution in [2.45, 2.75) is 13.0 Å². The Morgan fingerprint density at radius 1 is 1.06 bits per heavy atom. The van der Waals surface area contributed by atoms with Crippen molar-refractivity contribution in [1.82, 2.24) is 15.0 Å². The zero-order chi connectivity index (χ0) is 21.8. The molecule has 0 saturated carbocycles. The number of carbonyl (C=O) groups excluding carboxylic acids is 2. The standard InChI is InChI=1S/C23H17ClN4O3/c1-14(22(29)28-21-7-6-16(24)13-26-21)31-23(30)18-12-20(15-8-10-25-11-9-15)27-19-5-3-2-4-17(18)19/h2-14H,1H3,(H,26,28,29). The number of para-hydroxylation sites is 1. The summed E-state index contributed by atoms with van der Waals surface area (Å²) in [5.74, 6) is -0.817. The molecule has 0 aliphatic heterocycles. The van der Waals surface area contributed by atoms with Crippen LogP contribution < -0.4 is 5.32 Å². The van der Waals surface area contributed by atoms with Crippen molar-refractivity contribution in [3.8, 4) is 11.3 Å². The van der Waals surface area contributed by atoms with Gasteiger partial charge >= 0.3 is 5.97 Å². The fourth-order valence-electron chi connectivity index (χ4n) is 2.97. The van der Waals surface area contributed by atoms with Gasteiger partial charge in [0.1, 0.15) is 5.82 Å². The van der Waals surface area contributed by atoms with Crippen molar-refractivity contribution >= 4 is 40.2 Å². The van der Waals surface area contributed by atoms with Gasteiger partial charge in [0.2, 0.25) is 0 Å². The molecule has 1 amide bonds. The molecule has 8 heteroatoms. The molecule has 0 saturated heterocycles. The Morgan fingerprint density at radius 3 is 2.58 bits per heavy atom. The van der Waals surface area contributed by atoms with E-state index in [1.165, 1.54) is 13.1 Å². The molecule has 154 valence electrons. The normalized spacial score (nSPS) is 11.7. The summed E-state index contributed by atoms with van der Waals surface area (Å²) in [4.78, 5) is 38.1. The molecule has 31 heavy (non-hydrogen) atoms. The highest BCUT2D eigenvalue weighted by atomic mass is 35.5. The number of pyridine rings is 3. The van der Waals surface area contributed by atoms with Gasteiger partial charge in [-0.05, 0) is 43.3 Å². The van der Waals surface area contributed by atoms with Gasteiger partial charge in [-0.3, -0.25) is 9.78 Å². The van der Waals surface area contributed by atoms with E-state index >= 15 is 0 Å². The third-order valence-corrected chi connectivity index (χ3v) is 4.77. The van der Waals surface area contributed by atoms with Crippen molar-refractivity contribution in [3.05, 3.63) is 83.8 Å². The van der Waals surface area contributed by atoms with Gasteiger partial charge in [-0.1, -0.05) is 29.8 Å². The predicted octanol–water partition coefficient (Wildman–Crippen LogP) is 4.53. The molecule has 1 aromatic carbocycles. The molecule has 4 rings (SSSR count). The average Bonchev–Trinajstić information content (AvgIpc) is 2.80. The lowest BCUT2D eigenvalue weighted by molar-refractivity contribution is -0.123. The third kappa shape index (κ3) is 4.67. The Bertz CT molecular complexity index is 1250. The van der Waals surface area contributed by atoms with Crippen LogP contribution in [0, 0.1) is 0 Å². The molecule has 7 nitrogen and oxygen atoms in total. The van der Waals surface area contributed by atoms with E-state index in [0.717, 1.165) is 5.56 Å². The number of amides is 1. The second-order valence-corrected chi connectivity index (χ2v) is 7.14. The van der Waals surface area contributed by atoms with Crippen LogP contribution in [-0.4, -0.2) is 32.9 Å². The summed E-state index contributed by atoms with van der Waals surface area (Å²) in [6.45, 7) is 1.50. The van der Waals surface area contributed by atoms with Crippen LogP contribution in [0.1, 0.15) is 17.3 Å². The molecule has 0 spiro atoms. The van der Waals surface area contributed by atoms with Crippen LogP contribution in [0.25, 0.3) is 22.2 Å². The summed E-state index contributed by atoms with van der Waals surface area (Å²) in [7, 11) is 0. The third-order valence-electron chi connectivity index (χ3n) is 4.54. The molecule has 4 aromatic rings. The number of fused-ring (bicyclic) bond motifs is 1. The lowest BCUT2D eigenvalue weighted by Gasteiger charge is -2.15. The van der Waals surface area contributed by atoms with Gasteiger partial charge in [0, 0.05) is 29.5 Å². The molecule has 0 aliphatic carbocycles. The number of esters is 1. The summed E-state index contributed by atoms with van der Waals surface area (Å²) in [6, 6.07) is 15.7. The zero-order valence-corrected chi connectivity index (χ0v) is 17.2. The van der Waals surface area contributed by atoms with Gasteiger partial charge in [-0.2, -0.15) is 0 Å². The quantitative estimate of drug-likeness (QED) is 0.465. The minimum atomic E-state index is -1.04. The van der Waals surface area contributed by atoms with Crippen LogP contribution in [0.15, 0.2) is 73.2 Å². The number of benzene rings is 1. The molecule has 1 atom stereocenters. The van der Waals surface area contributed by atoms with Gasteiger partial charge in [0.05, 0.1) is 21.8 Å². The smallest absolute Gasteiger partial charge is 0.339 e. The fraction of sp³-hybridized carbons (Fsp3) is 0.0870. The maximum atomic E-state index is 13.0. The highest BCUT2D eigenvalue weighted by Crippen LogP contribution is 2.25. The molecule has 0 fully saturated rings. The minimum Gasteiger partial charge on any atom is -0.449 e. The van der Waals surface area contributed by atoms with E-state index in [0.29, 0.717) is 33.0 Å². The highest BCUT2D eigenvalue weighted by Gasteiger charge is 2.22. The Balaban J connectivity index is 1.59. The zero-order valence-electron chi connectivity index (χ0n) is 16.4. The lowest BCUT2D eigenvalue weighted by Crippen LogP contribution is -2.30. The maximum absolute atomic E-state index is 13.0. The van der Waals surface area contributed by atoms with Crippen LogP contribution in [0.3, 0.4) is 0 Å². The molecule has 1 unspecified atom stereocenters. The van der Waals surface area contributed by atoms with Crippen molar-refractivity contribution in [3.63, 3.8) is 0 Å². The van der Waals surface area contributed by atoms with E-state index in [9.17, 15) is 9.59 Å². The molecular formula is C23H17ClN4O3. The van der Waals surface area contributed by atoms with Gasteiger partial charge in [0.15, 0.2) is 6.10 Å². The van der Waals surface area contributed by atoms with Crippen LogP contribution >= 0.6 is 11.6 Å². The van der Waals surface area contributed by atoms with Crippen molar-refractivity contribution < 1.29 is 14.3 Å². The largest absolute Gasteiger partial charge is 0.449 e. The van der Waals surface area contributed by atoms with Crippen molar-refractivity contribution in [2.24, 2.45) is 0 Å². The summed E-state index contributed by atoms with van der Waals surface area (Å²) in [5, 5.41) is 3.68. The number of nitrogens with zero attached hydrogens (tertiary/aromatic N) is 3. The first-order valence-corrected chi connectivity index (χ1v) is 9.82. The van der Waals surface area contributed by atoms with Crippen molar-refractivity contribution in [2.75, 3.05) is 5.32 Å². The molecule has 3 heterocycles. The van der Waals surface area contributed by atoms with Crippen molar-refractivity contribution in [1.29, 1.82) is 0 Å². The second-order valence-electron chi connectivity index (χ2n) is 6.71. The first kappa shape index (κ1) is 20.4. The van der Waals surface area contributed by atoms with E-state index in [1.54, 1.807) is 48.8 Å². The summed E-state index contributed by atoms with van der Waals surface area (Å²) >= 11 is 5.80. The summed E-state index contributed by atoms with van der Waals surface area (Å²) in [6.07, 6.45) is 3.68. The molecular weight excluding hydrogens is 416 g/mol. The van der Waals surface area contributed by atoms with E-state index in [-0.39, 0.29) is 0 Å². The number of anilines is 1. The monoisotopic (exact) mass is 432 g/mol. The number of nitrogens with one attached hydrogen (secondary N) is 1. The molecule has 0 radical (unpaired) electrons. The fourth-order valence-corrected chi connectivity index (χ4v) is 3.08. The number of carbonyl (C=O) groups is 2. The summed E-state index contributed by atoms with van der Waals surface area (Å²) in [5.41, 5.74) is 2.39. The van der Waals surface area contributed by atoms with Gasteiger partial charge < -0.3 is 10.1 Å². The van der Waals surface area contributed by atoms with Gasteiger partial charge in [0.25, 0.3) is 5.91 Å². The number of halogens is 1. The number of hydrogen-bond donors (Lipinski definition) is 1. The summed E-state index contributed by atoms with van der Waals surface area (Å²) < 4.78 is 5.45. The average molecular weight is 433 g/mol. The van der Waals surface area contributed by atoms with Crippen LogP contribution in [-0.2, 0) is 9.53 Å². The first-order chi connectivity index (χ1) is 15.0. The second kappa shape index (κ2) is 8.89. The SMILES string of the molecule is CC(OC(=O)c1cc(-c2ccncc2)nc2ccccc12)C(=O)Nc1ccc(Cl)cn1. The maximum Gasteiger partial charge on any atom is 0.339 e. The predicted molar refractivity (Wildman–Crippen MR) is 118 cm³/mol. The van der Waals surface area contributed by atoms with Crippen LogP contribution in [0.2, 0.25) is 5.02 Å². The van der Waals surface area contributed by atoms with Gasteiger partial charge in [-0.15, -0.1) is 0 Å². The van der Waals surface area contributed by atoms with Crippen LogP contribution in [0.4, 0.5) is 5.82 Å². The first-order valence-electron chi connectivity index (χ1n) is 9.45. The Morgan fingerprint density at radius 2 is 1.84 bits per heavy atom. The Kier molecular flexibility index (Phi) is 5.86. The number of hydrogen-bond acceptors (Lipinski definition) is 6. The topological polar surface area (TPSA) is 94.1 Å². The number of ether oxygens (including phenoxy) is 1. The van der Waals surface area contributed by atoms with Gasteiger partial charge in [-0.25, -0.2) is 14.8 Å². The van der Waals surface area contributed by atoms with E-state index in [2.05, 4.69) is 20.3 Å². The number of rotatable bonds is 5. The lowest BCUT2D eigenvalue weighted by atomic mass is 10.0. The van der Waals surface area contributed by atoms with E-state index in [4.69, 9.17) is 16.3 Å². The molecule has 3 aromatic heterocycles. The Hall–Kier alpha value is -3.84.